The highest BCUT2D eigenvalue weighted by Crippen LogP contribution is 2.31. The summed E-state index contributed by atoms with van der Waals surface area (Å²) in [5, 5.41) is 3.05. The molecule has 30 heavy (non-hydrogen) atoms. The van der Waals surface area contributed by atoms with Gasteiger partial charge in [0.25, 0.3) is 0 Å². The summed E-state index contributed by atoms with van der Waals surface area (Å²) in [7, 11) is 3.31. The van der Waals surface area contributed by atoms with Crippen LogP contribution in [0, 0.1) is 5.92 Å². The molecule has 1 heterocycles. The van der Waals surface area contributed by atoms with Gasteiger partial charge in [-0.1, -0.05) is 30.3 Å². The van der Waals surface area contributed by atoms with Crippen molar-refractivity contribution in [1.29, 1.82) is 0 Å². The van der Waals surface area contributed by atoms with Crippen molar-refractivity contribution in [3.63, 3.8) is 0 Å². The topological polar surface area (TPSA) is 76.8 Å². The van der Waals surface area contributed by atoms with E-state index in [0.29, 0.717) is 18.9 Å². The van der Waals surface area contributed by atoms with Crippen LogP contribution in [0.4, 0.5) is 5.69 Å². The summed E-state index contributed by atoms with van der Waals surface area (Å²) in [4.78, 5) is 14.6. The first-order valence-electron chi connectivity index (χ1n) is 9.64. The Kier molecular flexibility index (Phi) is 10.8. The highest BCUT2D eigenvalue weighted by molar-refractivity contribution is 5.85. The predicted molar refractivity (Wildman–Crippen MR) is 125 cm³/mol. The molecular formula is C22H31Cl2N3O3. The van der Waals surface area contributed by atoms with E-state index in [2.05, 4.69) is 10.2 Å². The van der Waals surface area contributed by atoms with E-state index in [1.165, 1.54) is 0 Å². The van der Waals surface area contributed by atoms with Gasteiger partial charge in [0.2, 0.25) is 5.91 Å². The van der Waals surface area contributed by atoms with Crippen molar-refractivity contribution in [2.45, 2.75) is 18.9 Å². The number of carbonyl (C=O) groups excluding carboxylic acids is 1. The lowest BCUT2D eigenvalue weighted by atomic mass is 10.0. The maximum Gasteiger partial charge on any atom is 0.221 e. The van der Waals surface area contributed by atoms with Gasteiger partial charge in [0.15, 0.2) is 0 Å². The van der Waals surface area contributed by atoms with E-state index in [9.17, 15) is 4.79 Å². The summed E-state index contributed by atoms with van der Waals surface area (Å²) in [6.45, 7) is 2.50. The zero-order valence-corrected chi connectivity index (χ0v) is 19.0. The second-order valence-electron chi connectivity index (χ2n) is 7.20. The number of methoxy groups -OCH3 is 2. The molecule has 2 unspecified atom stereocenters. The number of halogens is 2. The Balaban J connectivity index is 0.00000225. The molecule has 8 heteroatoms. The first-order chi connectivity index (χ1) is 13.6. The van der Waals surface area contributed by atoms with Gasteiger partial charge >= 0.3 is 0 Å². The summed E-state index contributed by atoms with van der Waals surface area (Å²) >= 11 is 0. The van der Waals surface area contributed by atoms with Crippen LogP contribution in [0.25, 0.3) is 0 Å². The van der Waals surface area contributed by atoms with Crippen molar-refractivity contribution < 1.29 is 14.3 Å². The van der Waals surface area contributed by atoms with Crippen LogP contribution in [0.15, 0.2) is 48.5 Å². The summed E-state index contributed by atoms with van der Waals surface area (Å²) in [6, 6.07) is 15.4. The molecule has 0 bridgehead atoms. The van der Waals surface area contributed by atoms with Crippen LogP contribution in [-0.2, 0) is 4.79 Å². The Morgan fingerprint density at radius 3 is 2.37 bits per heavy atom. The fourth-order valence-corrected chi connectivity index (χ4v) is 3.56. The van der Waals surface area contributed by atoms with Crippen LogP contribution in [-0.4, -0.2) is 39.8 Å². The smallest absolute Gasteiger partial charge is 0.221 e. The van der Waals surface area contributed by atoms with Crippen LogP contribution in [0.5, 0.6) is 11.5 Å². The molecule has 1 aliphatic rings. The van der Waals surface area contributed by atoms with Gasteiger partial charge < -0.3 is 25.4 Å². The Bertz CT molecular complexity index is 770. The molecule has 0 radical (unpaired) electrons. The average molecular weight is 456 g/mol. The maximum atomic E-state index is 12.3. The molecule has 2 aromatic rings. The Hall–Kier alpha value is -2.15. The van der Waals surface area contributed by atoms with Crippen molar-refractivity contribution in [2.24, 2.45) is 11.7 Å². The summed E-state index contributed by atoms with van der Waals surface area (Å²) in [5.41, 5.74) is 8.20. The second kappa shape index (κ2) is 12.5. The number of nitrogens with two attached hydrogens (primary N) is 1. The van der Waals surface area contributed by atoms with E-state index in [0.717, 1.165) is 42.3 Å². The molecular weight excluding hydrogens is 425 g/mol. The monoisotopic (exact) mass is 455 g/mol. The average Bonchev–Trinajstić information content (AvgIpc) is 3.21. The molecule has 1 fully saturated rings. The van der Waals surface area contributed by atoms with E-state index in [4.69, 9.17) is 15.2 Å². The number of anilines is 1. The first-order valence-corrected chi connectivity index (χ1v) is 9.64. The van der Waals surface area contributed by atoms with E-state index in [1.54, 1.807) is 14.2 Å². The van der Waals surface area contributed by atoms with E-state index >= 15 is 0 Å². The molecule has 166 valence electrons. The largest absolute Gasteiger partial charge is 0.497 e. The molecule has 6 nitrogen and oxygen atoms in total. The molecule has 0 saturated carbocycles. The third-order valence-corrected chi connectivity index (χ3v) is 5.21. The molecule has 0 aliphatic carbocycles. The molecule has 2 aromatic carbocycles. The number of rotatable bonds is 8. The number of benzene rings is 2. The highest BCUT2D eigenvalue weighted by atomic mass is 35.5. The van der Waals surface area contributed by atoms with Gasteiger partial charge in [-0.05, 0) is 17.9 Å². The van der Waals surface area contributed by atoms with E-state index < -0.39 is 0 Å². The summed E-state index contributed by atoms with van der Waals surface area (Å²) in [6.07, 6.45) is 1.33. The summed E-state index contributed by atoms with van der Waals surface area (Å²) in [5.74, 6) is 1.97. The highest BCUT2D eigenvalue weighted by Gasteiger charge is 2.24. The fourth-order valence-electron chi connectivity index (χ4n) is 3.56. The zero-order valence-electron chi connectivity index (χ0n) is 17.4. The number of amides is 1. The van der Waals surface area contributed by atoms with E-state index in [-0.39, 0.29) is 36.8 Å². The van der Waals surface area contributed by atoms with Gasteiger partial charge in [0, 0.05) is 56.0 Å². The maximum absolute atomic E-state index is 12.3. The van der Waals surface area contributed by atoms with Crippen molar-refractivity contribution in [2.75, 3.05) is 38.8 Å². The van der Waals surface area contributed by atoms with Gasteiger partial charge in [-0.3, -0.25) is 4.79 Å². The van der Waals surface area contributed by atoms with Gasteiger partial charge in [-0.25, -0.2) is 0 Å². The van der Waals surface area contributed by atoms with Crippen molar-refractivity contribution in [3.8, 4) is 11.5 Å². The Labute approximate surface area is 190 Å². The van der Waals surface area contributed by atoms with Gasteiger partial charge in [-0.15, -0.1) is 24.8 Å². The zero-order chi connectivity index (χ0) is 19.9. The predicted octanol–water partition coefficient (Wildman–Crippen LogP) is 3.58. The minimum atomic E-state index is -0.273. The molecule has 3 N–H and O–H groups in total. The normalized spacial score (nSPS) is 16.1. The van der Waals surface area contributed by atoms with Crippen LogP contribution in [0.1, 0.15) is 24.4 Å². The molecule has 3 rings (SSSR count). The van der Waals surface area contributed by atoms with Gasteiger partial charge in [-0.2, -0.15) is 0 Å². The quantitative estimate of drug-likeness (QED) is 0.635. The van der Waals surface area contributed by atoms with Gasteiger partial charge in [0.1, 0.15) is 11.5 Å². The van der Waals surface area contributed by atoms with Crippen LogP contribution >= 0.6 is 24.8 Å². The summed E-state index contributed by atoms with van der Waals surface area (Å²) < 4.78 is 10.7. The van der Waals surface area contributed by atoms with Crippen LogP contribution < -0.4 is 25.4 Å². The minimum Gasteiger partial charge on any atom is -0.497 e. The number of hydrogen-bond acceptors (Lipinski definition) is 5. The minimum absolute atomic E-state index is 0. The Morgan fingerprint density at radius 2 is 1.77 bits per heavy atom. The lowest BCUT2D eigenvalue weighted by molar-refractivity contribution is -0.121. The number of nitrogens with one attached hydrogen (secondary N) is 1. The molecule has 1 aliphatic heterocycles. The third-order valence-electron chi connectivity index (χ3n) is 5.21. The van der Waals surface area contributed by atoms with Crippen molar-refractivity contribution in [3.05, 3.63) is 54.1 Å². The molecule has 2 atom stereocenters. The standard InChI is InChI=1S/C22H29N3O3.2ClH/c1-27-19-10-18(11-20(12-19)28-2)25-9-8-16(15-25)14-24-22(26)13-21(23)17-6-4-3-5-7-17;;/h3-7,10-12,16,21H,8-9,13-15,23H2,1-2H3,(H,24,26);2*1H. The van der Waals surface area contributed by atoms with Crippen molar-refractivity contribution in [1.82, 2.24) is 5.32 Å². The number of carbonyl (C=O) groups is 1. The lowest BCUT2D eigenvalue weighted by Gasteiger charge is -2.20. The Morgan fingerprint density at radius 1 is 1.13 bits per heavy atom. The van der Waals surface area contributed by atoms with Crippen LogP contribution in [0.3, 0.4) is 0 Å². The lowest BCUT2D eigenvalue weighted by Crippen LogP contribution is -2.32. The fraction of sp³-hybridized carbons (Fsp3) is 0.409. The number of hydrogen-bond donors (Lipinski definition) is 2. The van der Waals surface area contributed by atoms with Gasteiger partial charge in [0.05, 0.1) is 14.2 Å². The third kappa shape index (κ3) is 6.97. The van der Waals surface area contributed by atoms with Crippen LogP contribution in [0.2, 0.25) is 0 Å². The van der Waals surface area contributed by atoms with Crippen molar-refractivity contribution >= 4 is 36.4 Å². The molecule has 0 aromatic heterocycles. The number of nitrogens with zero attached hydrogens (tertiary/aromatic N) is 1. The number of ether oxygens (including phenoxy) is 2. The molecule has 1 amide bonds. The van der Waals surface area contributed by atoms with E-state index in [1.807, 2.05) is 48.5 Å². The molecule has 0 spiro atoms. The second-order valence-corrected chi connectivity index (χ2v) is 7.20. The molecule has 1 saturated heterocycles. The first kappa shape index (κ1) is 25.9. The SMILES string of the molecule is COc1cc(OC)cc(N2CCC(CNC(=O)CC(N)c3ccccc3)C2)c1.Cl.Cl.